The summed E-state index contributed by atoms with van der Waals surface area (Å²) in [7, 11) is 0. The van der Waals surface area contributed by atoms with Gasteiger partial charge in [-0.3, -0.25) is 4.90 Å². The van der Waals surface area contributed by atoms with E-state index in [1.807, 2.05) is 51.1 Å². The Bertz CT molecular complexity index is 561. The lowest BCUT2D eigenvalue weighted by Gasteiger charge is -2.36. The average molecular weight is 380 g/mol. The first-order chi connectivity index (χ1) is 12.9. The van der Waals surface area contributed by atoms with Crippen molar-refractivity contribution in [2.24, 2.45) is 0 Å². The molecule has 152 valence electrons. The van der Waals surface area contributed by atoms with E-state index in [2.05, 4.69) is 10.2 Å². The van der Waals surface area contributed by atoms with Gasteiger partial charge < -0.3 is 24.6 Å². The number of nitrogens with one attached hydrogen (secondary N) is 1. The number of aliphatic hydroxyl groups excluding tert-OH is 1. The summed E-state index contributed by atoms with van der Waals surface area (Å²) in [4.78, 5) is 14.3. The number of hydrogen-bond donors (Lipinski definition) is 2. The normalized spacial score (nSPS) is 19.5. The van der Waals surface area contributed by atoms with E-state index in [0.717, 1.165) is 5.56 Å². The Balaban J connectivity index is 1.93. The van der Waals surface area contributed by atoms with E-state index >= 15 is 0 Å². The molecule has 2 atom stereocenters. The highest BCUT2D eigenvalue weighted by Gasteiger charge is 2.27. The van der Waals surface area contributed by atoms with E-state index in [9.17, 15) is 9.90 Å². The van der Waals surface area contributed by atoms with Crippen molar-refractivity contribution in [3.8, 4) is 0 Å². The molecule has 1 aliphatic rings. The first-order valence-electron chi connectivity index (χ1n) is 9.40. The maximum atomic E-state index is 12.2. The fourth-order valence-electron chi connectivity index (χ4n) is 2.85. The number of benzene rings is 1. The van der Waals surface area contributed by atoms with Crippen molar-refractivity contribution in [1.82, 2.24) is 10.2 Å². The summed E-state index contributed by atoms with van der Waals surface area (Å²) in [5.41, 5.74) is 0.689. The van der Waals surface area contributed by atoms with Crippen molar-refractivity contribution in [1.29, 1.82) is 0 Å². The zero-order valence-corrected chi connectivity index (χ0v) is 16.5. The molecular weight excluding hydrogens is 348 g/mol. The van der Waals surface area contributed by atoms with Gasteiger partial charge in [0.2, 0.25) is 0 Å². The summed E-state index contributed by atoms with van der Waals surface area (Å²) in [5.74, 6) is 0. The molecule has 1 saturated heterocycles. The Kier molecular flexibility index (Phi) is 8.50. The molecule has 0 spiro atoms. The summed E-state index contributed by atoms with van der Waals surface area (Å²) in [6.45, 7) is 8.69. The summed E-state index contributed by atoms with van der Waals surface area (Å²) in [6.07, 6.45) is -0.909. The first-order valence-corrected chi connectivity index (χ1v) is 9.40. The van der Waals surface area contributed by atoms with Crippen molar-refractivity contribution in [2.75, 3.05) is 39.5 Å². The van der Waals surface area contributed by atoms with Crippen LogP contribution in [0.3, 0.4) is 0 Å². The molecule has 1 fully saturated rings. The molecule has 0 bridgehead atoms. The number of hydrogen-bond acceptors (Lipinski definition) is 6. The van der Waals surface area contributed by atoms with Gasteiger partial charge in [0.15, 0.2) is 0 Å². The fourth-order valence-corrected chi connectivity index (χ4v) is 2.85. The Hall–Kier alpha value is -1.67. The van der Waals surface area contributed by atoms with Crippen LogP contribution >= 0.6 is 0 Å². The van der Waals surface area contributed by atoms with Gasteiger partial charge in [-0.1, -0.05) is 30.3 Å². The maximum absolute atomic E-state index is 12.2. The molecule has 0 aromatic heterocycles. The second-order valence-corrected chi connectivity index (χ2v) is 7.81. The lowest BCUT2D eigenvalue weighted by atomic mass is 10.1. The van der Waals surface area contributed by atoms with Gasteiger partial charge in [0.1, 0.15) is 6.10 Å². The molecule has 1 aromatic carbocycles. The van der Waals surface area contributed by atoms with E-state index in [1.54, 1.807) is 0 Å². The molecule has 2 N–H and O–H groups in total. The third-order valence-electron chi connectivity index (χ3n) is 4.16. The van der Waals surface area contributed by atoms with Crippen LogP contribution in [0.25, 0.3) is 0 Å². The highest BCUT2D eigenvalue weighted by atomic mass is 16.6. The maximum Gasteiger partial charge on any atom is 0.407 e. The minimum absolute atomic E-state index is 0.00573. The number of nitrogens with zero attached hydrogens (tertiary/aromatic N) is 1. The van der Waals surface area contributed by atoms with Crippen LogP contribution in [-0.2, 0) is 20.8 Å². The van der Waals surface area contributed by atoms with Crippen LogP contribution in [-0.4, -0.2) is 73.3 Å². The number of rotatable bonds is 8. The number of morpholine rings is 1. The lowest BCUT2D eigenvalue weighted by molar-refractivity contribution is -0.0603. The monoisotopic (exact) mass is 380 g/mol. The van der Waals surface area contributed by atoms with Crippen molar-refractivity contribution < 1.29 is 24.1 Å². The van der Waals surface area contributed by atoms with Gasteiger partial charge in [0.25, 0.3) is 0 Å². The van der Waals surface area contributed by atoms with Crippen molar-refractivity contribution in [3.63, 3.8) is 0 Å². The fraction of sp³-hybridized carbons (Fsp3) is 0.650. The van der Waals surface area contributed by atoms with Crippen molar-refractivity contribution >= 4 is 6.09 Å². The van der Waals surface area contributed by atoms with Gasteiger partial charge in [0.05, 0.1) is 39.1 Å². The number of carbonyl (C=O) groups excluding carboxylic acids is 1. The van der Waals surface area contributed by atoms with Gasteiger partial charge >= 0.3 is 6.09 Å². The highest BCUT2D eigenvalue weighted by Crippen LogP contribution is 2.11. The number of carbonyl (C=O) groups is 1. The average Bonchev–Trinajstić information content (AvgIpc) is 2.61. The van der Waals surface area contributed by atoms with Crippen LogP contribution < -0.4 is 5.32 Å². The number of alkyl carbamates (subject to hydrolysis) is 1. The Morgan fingerprint density at radius 3 is 2.78 bits per heavy atom. The first kappa shape index (κ1) is 21.6. The summed E-state index contributed by atoms with van der Waals surface area (Å²) < 4.78 is 16.8. The van der Waals surface area contributed by atoms with Gasteiger partial charge in [-0.2, -0.15) is 0 Å². The minimum atomic E-state index is -0.468. The summed E-state index contributed by atoms with van der Waals surface area (Å²) >= 11 is 0. The molecule has 1 aromatic rings. The summed E-state index contributed by atoms with van der Waals surface area (Å²) in [5, 5.41) is 12.4. The van der Waals surface area contributed by atoms with Crippen LogP contribution in [0.4, 0.5) is 4.79 Å². The molecule has 1 aliphatic heterocycles. The molecule has 1 heterocycles. The predicted molar refractivity (Wildman–Crippen MR) is 103 cm³/mol. The van der Waals surface area contributed by atoms with Gasteiger partial charge in [-0.15, -0.1) is 0 Å². The highest BCUT2D eigenvalue weighted by molar-refractivity contribution is 5.68. The number of aliphatic hydroxyl groups is 1. The number of amides is 1. The zero-order valence-electron chi connectivity index (χ0n) is 16.5. The third-order valence-corrected chi connectivity index (χ3v) is 4.16. The molecule has 0 radical (unpaired) electrons. The van der Waals surface area contributed by atoms with E-state index in [-0.39, 0.29) is 24.8 Å². The van der Waals surface area contributed by atoms with Crippen molar-refractivity contribution in [3.05, 3.63) is 35.9 Å². The third kappa shape index (κ3) is 8.26. The largest absolute Gasteiger partial charge is 0.442 e. The van der Waals surface area contributed by atoms with Gasteiger partial charge in [-0.25, -0.2) is 4.79 Å². The number of ether oxygens (including phenoxy) is 3. The Morgan fingerprint density at radius 1 is 1.37 bits per heavy atom. The minimum Gasteiger partial charge on any atom is -0.442 e. The molecule has 7 heteroatoms. The van der Waals surface area contributed by atoms with E-state index in [1.165, 1.54) is 0 Å². The molecule has 27 heavy (non-hydrogen) atoms. The van der Waals surface area contributed by atoms with Crippen LogP contribution in [0.5, 0.6) is 0 Å². The van der Waals surface area contributed by atoms with Crippen molar-refractivity contribution in [2.45, 2.75) is 45.1 Å². The molecule has 1 unspecified atom stereocenters. The Labute approximate surface area is 161 Å². The Morgan fingerprint density at radius 2 is 2.11 bits per heavy atom. The molecule has 7 nitrogen and oxygen atoms in total. The van der Waals surface area contributed by atoms with Gasteiger partial charge in [-0.05, 0) is 26.3 Å². The smallest absolute Gasteiger partial charge is 0.407 e. The van der Waals surface area contributed by atoms with E-state index < -0.39 is 12.2 Å². The second kappa shape index (κ2) is 10.6. The molecular formula is C20H32N2O5. The van der Waals surface area contributed by atoms with Crippen LogP contribution in [0.15, 0.2) is 30.3 Å². The topological polar surface area (TPSA) is 80.3 Å². The molecule has 0 aliphatic carbocycles. The van der Waals surface area contributed by atoms with Gasteiger partial charge in [0, 0.05) is 18.6 Å². The van der Waals surface area contributed by atoms with E-state index in [4.69, 9.17) is 14.2 Å². The van der Waals surface area contributed by atoms with Crippen LogP contribution in [0.1, 0.15) is 26.3 Å². The molecule has 1 amide bonds. The standard InChI is InChI=1S/C20H32N2O5/c1-20(2,3)21-19(24)27-18(11-22-9-10-25-14-17(22)12-23)15-26-13-16-7-5-4-6-8-16/h4-8,17-18,23H,9-15H2,1-3H3,(H,21,24)/t17?,18-/m0/s1. The van der Waals surface area contributed by atoms with Crippen LogP contribution in [0, 0.1) is 0 Å². The van der Waals surface area contributed by atoms with Crippen LogP contribution in [0.2, 0.25) is 0 Å². The lowest BCUT2D eigenvalue weighted by Crippen LogP contribution is -2.52. The SMILES string of the molecule is CC(C)(C)NC(=O)O[C@H](COCc1ccccc1)CN1CCOCC1CO. The predicted octanol–water partition coefficient (Wildman–Crippen LogP) is 1.79. The summed E-state index contributed by atoms with van der Waals surface area (Å²) in [6, 6.07) is 9.77. The molecule has 0 saturated carbocycles. The van der Waals surface area contributed by atoms with E-state index in [0.29, 0.717) is 32.9 Å². The second-order valence-electron chi connectivity index (χ2n) is 7.81. The zero-order chi connectivity index (χ0) is 19.7. The molecule has 2 rings (SSSR count). The quantitative estimate of drug-likeness (QED) is 0.716.